The quantitative estimate of drug-likeness (QED) is 0.526. The van der Waals surface area contributed by atoms with Crippen LogP contribution in [-0.4, -0.2) is 32.1 Å². The number of nitrogens with zero attached hydrogens (tertiary/aromatic N) is 3. The van der Waals surface area contributed by atoms with E-state index in [9.17, 15) is 14.0 Å². The zero-order chi connectivity index (χ0) is 20.4. The van der Waals surface area contributed by atoms with Gasteiger partial charge in [-0.05, 0) is 29.8 Å². The van der Waals surface area contributed by atoms with Crippen LogP contribution in [0.3, 0.4) is 0 Å². The number of pyridine rings is 1. The van der Waals surface area contributed by atoms with E-state index in [-0.39, 0.29) is 23.8 Å². The average Bonchev–Trinajstić information content (AvgIpc) is 3.33. The van der Waals surface area contributed by atoms with Crippen LogP contribution in [0.1, 0.15) is 23.2 Å². The second-order valence-electron chi connectivity index (χ2n) is 7.72. The van der Waals surface area contributed by atoms with Gasteiger partial charge in [0.1, 0.15) is 11.5 Å². The molecule has 0 saturated carbocycles. The highest BCUT2D eigenvalue weighted by atomic mass is 19.1. The van der Waals surface area contributed by atoms with Crippen molar-refractivity contribution in [3.05, 3.63) is 71.6 Å². The first-order valence-electron chi connectivity index (χ1n) is 9.87. The van der Waals surface area contributed by atoms with Gasteiger partial charge in [0.05, 0.1) is 29.4 Å². The molecule has 1 N–H and O–H groups in total. The van der Waals surface area contributed by atoms with Gasteiger partial charge in [0, 0.05) is 48.6 Å². The van der Waals surface area contributed by atoms with Crippen LogP contribution in [0, 0.1) is 5.82 Å². The van der Waals surface area contributed by atoms with Gasteiger partial charge in [-0.25, -0.2) is 9.37 Å². The highest BCUT2D eigenvalue weighted by molar-refractivity contribution is 6.51. The molecule has 0 atom stereocenters. The minimum atomic E-state index is -0.353. The number of imidazole rings is 1. The third-order valence-electron chi connectivity index (χ3n) is 5.93. The molecule has 6 nitrogen and oxygen atoms in total. The minimum absolute atomic E-state index is 0.179. The summed E-state index contributed by atoms with van der Waals surface area (Å²) in [6.07, 6.45) is 5.15. The van der Waals surface area contributed by atoms with Crippen LogP contribution in [0.25, 0.3) is 27.7 Å². The summed E-state index contributed by atoms with van der Waals surface area (Å²) in [7, 11) is 0. The molecule has 4 heterocycles. The van der Waals surface area contributed by atoms with Crippen molar-refractivity contribution in [2.45, 2.75) is 19.5 Å². The summed E-state index contributed by atoms with van der Waals surface area (Å²) in [4.78, 5) is 30.3. The molecule has 2 aliphatic rings. The van der Waals surface area contributed by atoms with Crippen LogP contribution in [0.4, 0.5) is 4.39 Å². The smallest absolute Gasteiger partial charge is 0.173 e. The Bertz CT molecular complexity index is 1430. The summed E-state index contributed by atoms with van der Waals surface area (Å²) in [6, 6.07) is 8.56. The van der Waals surface area contributed by atoms with Crippen molar-refractivity contribution in [2.75, 3.05) is 6.54 Å². The van der Waals surface area contributed by atoms with Gasteiger partial charge in [0.2, 0.25) is 0 Å². The molecule has 0 spiro atoms. The Labute approximate surface area is 170 Å². The maximum atomic E-state index is 14.5. The van der Waals surface area contributed by atoms with Gasteiger partial charge in [0.15, 0.2) is 11.6 Å². The number of rotatable bonds is 2. The molecule has 0 radical (unpaired) electrons. The lowest BCUT2D eigenvalue weighted by Crippen LogP contribution is -2.15. The Balaban J connectivity index is 1.69. The van der Waals surface area contributed by atoms with Gasteiger partial charge >= 0.3 is 0 Å². The van der Waals surface area contributed by atoms with Crippen LogP contribution in [0.2, 0.25) is 0 Å². The number of allylic oxidation sites excluding steroid dienone is 2. The molecule has 0 bridgehead atoms. The third kappa shape index (κ3) is 2.35. The third-order valence-corrected chi connectivity index (χ3v) is 5.93. The second-order valence-corrected chi connectivity index (χ2v) is 7.72. The Kier molecular flexibility index (Phi) is 3.58. The summed E-state index contributed by atoms with van der Waals surface area (Å²) in [5, 5.41) is 3.96. The molecule has 0 fully saturated rings. The molecule has 30 heavy (non-hydrogen) atoms. The highest BCUT2D eigenvalue weighted by Gasteiger charge is 2.36. The Morgan fingerprint density at radius 1 is 1.10 bits per heavy atom. The van der Waals surface area contributed by atoms with E-state index in [4.69, 9.17) is 0 Å². The molecular weight excluding hydrogens is 383 g/mol. The molecule has 1 aliphatic heterocycles. The highest BCUT2D eigenvalue weighted by Crippen LogP contribution is 2.40. The molecule has 7 heteroatoms. The van der Waals surface area contributed by atoms with E-state index >= 15 is 0 Å². The lowest BCUT2D eigenvalue weighted by atomic mass is 9.98. The van der Waals surface area contributed by atoms with Gasteiger partial charge < -0.3 is 9.88 Å². The number of hydrogen-bond acceptors (Lipinski definition) is 4. The Morgan fingerprint density at radius 3 is 2.87 bits per heavy atom. The maximum absolute atomic E-state index is 14.5. The molecule has 0 saturated heterocycles. The molecule has 1 aromatic carbocycles. The predicted octanol–water partition coefficient (Wildman–Crippen LogP) is 2.98. The normalized spacial score (nSPS) is 16.8. The fraction of sp³-hybridized carbons (Fsp3) is 0.174. The van der Waals surface area contributed by atoms with Crippen LogP contribution in [-0.2, 0) is 22.7 Å². The zero-order valence-corrected chi connectivity index (χ0v) is 16.0. The van der Waals surface area contributed by atoms with Crippen molar-refractivity contribution in [3.8, 4) is 0 Å². The van der Waals surface area contributed by atoms with Gasteiger partial charge in [-0.3, -0.25) is 14.0 Å². The molecule has 148 valence electrons. The first-order chi connectivity index (χ1) is 14.6. The Hall–Kier alpha value is -3.58. The van der Waals surface area contributed by atoms with Gasteiger partial charge in [-0.15, -0.1) is 0 Å². The molecule has 4 aromatic rings. The van der Waals surface area contributed by atoms with E-state index in [1.54, 1.807) is 6.20 Å². The monoisotopic (exact) mass is 400 g/mol. The summed E-state index contributed by atoms with van der Waals surface area (Å²) < 4.78 is 18.3. The van der Waals surface area contributed by atoms with E-state index in [0.29, 0.717) is 46.5 Å². The number of benzene rings is 1. The molecule has 1 aliphatic carbocycles. The maximum Gasteiger partial charge on any atom is 0.173 e. The number of hydrogen-bond donors (Lipinski definition) is 1. The second kappa shape index (κ2) is 6.21. The van der Waals surface area contributed by atoms with Crippen molar-refractivity contribution in [3.63, 3.8) is 0 Å². The summed E-state index contributed by atoms with van der Waals surface area (Å²) in [5.41, 5.74) is 4.38. The number of halogens is 1. The van der Waals surface area contributed by atoms with Gasteiger partial charge in [-0.2, -0.15) is 0 Å². The summed E-state index contributed by atoms with van der Waals surface area (Å²) in [5.74, 6) is -0.818. The van der Waals surface area contributed by atoms with Crippen LogP contribution >= 0.6 is 0 Å². The zero-order valence-electron chi connectivity index (χ0n) is 16.0. The first-order valence-corrected chi connectivity index (χ1v) is 9.87. The van der Waals surface area contributed by atoms with Crippen molar-refractivity contribution in [1.82, 2.24) is 19.3 Å². The van der Waals surface area contributed by atoms with Crippen molar-refractivity contribution >= 4 is 39.3 Å². The van der Waals surface area contributed by atoms with Gasteiger partial charge in [0.25, 0.3) is 0 Å². The SMILES string of the molecule is O=C1CC(=O)C(c2cnc3ccccn23)=C1c1cn2c3c(cc(F)cc13)CNCC2. The number of Topliss-reactive ketones (excluding diaryl/α,β-unsaturated/α-hetero) is 2. The van der Waals surface area contributed by atoms with E-state index < -0.39 is 0 Å². The molecule has 3 aromatic heterocycles. The predicted molar refractivity (Wildman–Crippen MR) is 110 cm³/mol. The fourth-order valence-corrected chi connectivity index (χ4v) is 4.70. The number of carbonyl (C=O) groups excluding carboxylic acids is 2. The summed E-state index contributed by atoms with van der Waals surface area (Å²) in [6.45, 7) is 2.00. The Morgan fingerprint density at radius 2 is 1.97 bits per heavy atom. The average molecular weight is 400 g/mol. The van der Waals surface area contributed by atoms with Crippen LogP contribution in [0.5, 0.6) is 0 Å². The molecule has 0 unspecified atom stereocenters. The molecule has 6 rings (SSSR count). The lowest BCUT2D eigenvalue weighted by Gasteiger charge is -2.07. The van der Waals surface area contributed by atoms with Crippen molar-refractivity contribution < 1.29 is 14.0 Å². The van der Waals surface area contributed by atoms with E-state index in [1.165, 1.54) is 12.1 Å². The fourth-order valence-electron chi connectivity index (χ4n) is 4.70. The van der Waals surface area contributed by atoms with Crippen LogP contribution in [0.15, 0.2) is 48.9 Å². The summed E-state index contributed by atoms with van der Waals surface area (Å²) >= 11 is 0. The molecular formula is C23H17FN4O2. The lowest BCUT2D eigenvalue weighted by molar-refractivity contribution is -0.119. The largest absolute Gasteiger partial charge is 0.345 e. The van der Waals surface area contributed by atoms with E-state index in [0.717, 1.165) is 17.6 Å². The van der Waals surface area contributed by atoms with E-state index in [1.807, 2.05) is 35.0 Å². The van der Waals surface area contributed by atoms with Crippen molar-refractivity contribution in [1.29, 1.82) is 0 Å². The first kappa shape index (κ1) is 17.3. The topological polar surface area (TPSA) is 68.4 Å². The number of carbonyl (C=O) groups is 2. The number of aromatic nitrogens is 3. The number of ketones is 2. The number of nitrogens with one attached hydrogen (secondary N) is 1. The minimum Gasteiger partial charge on any atom is -0.345 e. The van der Waals surface area contributed by atoms with E-state index in [2.05, 4.69) is 14.9 Å². The molecule has 0 amide bonds. The number of fused-ring (bicyclic) bond motifs is 1. The standard InChI is InChI=1S/C23H17FN4O2/c24-14-7-13-10-25-4-6-27-12-16(15(8-14)23(13)27)21-18(29)9-19(30)22(21)17-11-26-20-3-1-2-5-28(17)20/h1-3,5,7-8,11-12,25H,4,6,9-10H2. The van der Waals surface area contributed by atoms with Gasteiger partial charge in [-0.1, -0.05) is 6.07 Å². The van der Waals surface area contributed by atoms with Crippen LogP contribution < -0.4 is 5.32 Å². The van der Waals surface area contributed by atoms with Crippen molar-refractivity contribution in [2.24, 2.45) is 0 Å².